The van der Waals surface area contributed by atoms with Crippen LogP contribution in [0.3, 0.4) is 0 Å². The van der Waals surface area contributed by atoms with E-state index in [2.05, 4.69) is 4.98 Å². The van der Waals surface area contributed by atoms with Crippen LogP contribution in [0.4, 0.5) is 0 Å². The molecule has 0 atom stereocenters. The third-order valence-electron chi connectivity index (χ3n) is 2.87. The molecule has 17 heavy (non-hydrogen) atoms. The zero-order valence-electron chi connectivity index (χ0n) is 9.27. The third-order valence-corrected chi connectivity index (χ3v) is 4.03. The molecule has 1 aromatic carbocycles. The summed E-state index contributed by atoms with van der Waals surface area (Å²) in [6.07, 6.45) is 2.38. The summed E-state index contributed by atoms with van der Waals surface area (Å²) in [4.78, 5) is 15.5. The number of hydrogen-bond donors (Lipinski definition) is 1. The zero-order chi connectivity index (χ0) is 12.0. The fraction of sp³-hybridized carbons (Fsp3) is 0.333. The molecule has 0 radical (unpaired) electrons. The summed E-state index contributed by atoms with van der Waals surface area (Å²) in [5.41, 5.74) is 1.03. The summed E-state index contributed by atoms with van der Waals surface area (Å²) >= 11 is 1.57. The maximum absolute atomic E-state index is 11.0. The molecule has 0 bridgehead atoms. The van der Waals surface area contributed by atoms with E-state index in [1.165, 1.54) is 26.0 Å². The van der Waals surface area contributed by atoms with Crippen LogP contribution in [0.1, 0.15) is 34.1 Å². The molecule has 1 heterocycles. The Morgan fingerprint density at radius 1 is 1.53 bits per heavy atom. The van der Waals surface area contributed by atoms with Gasteiger partial charge in [-0.1, -0.05) is 0 Å². The second-order valence-corrected chi connectivity index (χ2v) is 5.22. The third kappa shape index (κ3) is 1.76. The molecule has 2 aromatic rings. The van der Waals surface area contributed by atoms with Crippen molar-refractivity contribution in [2.45, 2.75) is 18.8 Å². The van der Waals surface area contributed by atoms with Crippen LogP contribution in [0.5, 0.6) is 5.75 Å². The van der Waals surface area contributed by atoms with Crippen molar-refractivity contribution in [2.24, 2.45) is 0 Å². The van der Waals surface area contributed by atoms with E-state index in [-0.39, 0.29) is 5.56 Å². The summed E-state index contributed by atoms with van der Waals surface area (Å²) in [5, 5.41) is 10.1. The van der Waals surface area contributed by atoms with E-state index in [1.807, 2.05) is 0 Å². The minimum Gasteiger partial charge on any atom is -0.494 e. The largest absolute Gasteiger partial charge is 0.494 e. The SMILES string of the molecule is COc1cc(C(=O)O)cc2sc(C3CC3)nc12. The van der Waals surface area contributed by atoms with E-state index < -0.39 is 5.97 Å². The molecule has 1 aromatic heterocycles. The van der Waals surface area contributed by atoms with Gasteiger partial charge in [-0.05, 0) is 25.0 Å². The molecule has 4 nitrogen and oxygen atoms in total. The molecule has 0 amide bonds. The lowest BCUT2D eigenvalue weighted by molar-refractivity contribution is 0.0696. The maximum Gasteiger partial charge on any atom is 0.335 e. The van der Waals surface area contributed by atoms with E-state index in [0.717, 1.165) is 15.2 Å². The normalized spacial score (nSPS) is 15.1. The second-order valence-electron chi connectivity index (χ2n) is 4.16. The zero-order valence-corrected chi connectivity index (χ0v) is 10.1. The van der Waals surface area contributed by atoms with Gasteiger partial charge < -0.3 is 9.84 Å². The van der Waals surface area contributed by atoms with Crippen LogP contribution >= 0.6 is 11.3 Å². The quantitative estimate of drug-likeness (QED) is 0.908. The lowest BCUT2D eigenvalue weighted by Crippen LogP contribution is -1.97. The highest BCUT2D eigenvalue weighted by molar-refractivity contribution is 7.18. The standard InChI is InChI=1S/C12H11NO3S/c1-16-8-4-7(12(14)15)5-9-10(8)13-11(17-9)6-2-3-6/h4-6H,2-3H2,1H3,(H,14,15). The highest BCUT2D eigenvalue weighted by Crippen LogP contribution is 2.44. The summed E-state index contributed by atoms with van der Waals surface area (Å²) in [7, 11) is 1.54. The first-order valence-electron chi connectivity index (χ1n) is 5.41. The molecule has 0 unspecified atom stereocenters. The molecular weight excluding hydrogens is 238 g/mol. The van der Waals surface area contributed by atoms with Crippen molar-refractivity contribution < 1.29 is 14.6 Å². The molecule has 5 heteroatoms. The van der Waals surface area contributed by atoms with Crippen LogP contribution in [0.2, 0.25) is 0 Å². The van der Waals surface area contributed by atoms with Gasteiger partial charge >= 0.3 is 5.97 Å². The molecule has 0 aliphatic heterocycles. The lowest BCUT2D eigenvalue weighted by atomic mass is 10.2. The number of aromatic nitrogens is 1. The first kappa shape index (κ1) is 10.5. The molecule has 1 saturated carbocycles. The van der Waals surface area contributed by atoms with Crippen molar-refractivity contribution in [1.82, 2.24) is 4.98 Å². The Labute approximate surface area is 102 Å². The number of benzene rings is 1. The lowest BCUT2D eigenvalue weighted by Gasteiger charge is -2.02. The number of rotatable bonds is 3. The van der Waals surface area contributed by atoms with Crippen molar-refractivity contribution in [1.29, 1.82) is 0 Å². The van der Waals surface area contributed by atoms with Crippen LogP contribution in [0.25, 0.3) is 10.2 Å². The Morgan fingerprint density at radius 2 is 2.29 bits per heavy atom. The van der Waals surface area contributed by atoms with Crippen LogP contribution in [-0.2, 0) is 0 Å². The first-order valence-corrected chi connectivity index (χ1v) is 6.22. The number of thiazole rings is 1. The van der Waals surface area contributed by atoms with Gasteiger partial charge in [-0.25, -0.2) is 9.78 Å². The predicted molar refractivity (Wildman–Crippen MR) is 65.1 cm³/mol. The van der Waals surface area contributed by atoms with Gasteiger partial charge in [0.25, 0.3) is 0 Å². The average Bonchev–Trinajstić information content (AvgIpc) is 3.07. The summed E-state index contributed by atoms with van der Waals surface area (Å²) in [5.74, 6) is 0.181. The van der Waals surface area contributed by atoms with E-state index in [9.17, 15) is 4.79 Å². The molecule has 0 saturated heterocycles. The minimum absolute atomic E-state index is 0.250. The van der Waals surface area contributed by atoms with Gasteiger partial charge in [0.05, 0.1) is 22.4 Å². The fourth-order valence-corrected chi connectivity index (χ4v) is 2.99. The summed E-state index contributed by atoms with van der Waals surface area (Å²) in [6.45, 7) is 0. The van der Waals surface area contributed by atoms with E-state index in [1.54, 1.807) is 17.4 Å². The predicted octanol–water partition coefficient (Wildman–Crippen LogP) is 2.88. The molecule has 1 aliphatic rings. The van der Waals surface area contributed by atoms with Crippen LogP contribution in [-0.4, -0.2) is 23.2 Å². The van der Waals surface area contributed by atoms with Crippen molar-refractivity contribution in [3.63, 3.8) is 0 Å². The summed E-state index contributed by atoms with van der Waals surface area (Å²) < 4.78 is 6.10. The van der Waals surface area contributed by atoms with Gasteiger partial charge in [0, 0.05) is 5.92 Å². The Kier molecular flexibility index (Phi) is 2.29. The first-order chi connectivity index (χ1) is 8.19. The minimum atomic E-state index is -0.938. The Balaban J connectivity index is 2.21. The Morgan fingerprint density at radius 3 is 2.88 bits per heavy atom. The molecule has 1 fully saturated rings. The van der Waals surface area contributed by atoms with Crippen molar-refractivity contribution in [2.75, 3.05) is 7.11 Å². The molecule has 0 spiro atoms. The molecule has 88 valence electrons. The topological polar surface area (TPSA) is 59.4 Å². The molecule has 1 aliphatic carbocycles. The van der Waals surface area contributed by atoms with Crippen LogP contribution in [0, 0.1) is 0 Å². The Hall–Kier alpha value is -1.62. The number of nitrogens with zero attached hydrogens (tertiary/aromatic N) is 1. The number of fused-ring (bicyclic) bond motifs is 1. The van der Waals surface area contributed by atoms with E-state index in [4.69, 9.17) is 9.84 Å². The van der Waals surface area contributed by atoms with Gasteiger partial charge in [0.2, 0.25) is 0 Å². The summed E-state index contributed by atoms with van der Waals surface area (Å²) in [6, 6.07) is 3.20. The number of ether oxygens (including phenoxy) is 1. The number of aromatic carboxylic acids is 1. The highest BCUT2D eigenvalue weighted by atomic mass is 32.1. The van der Waals surface area contributed by atoms with Gasteiger partial charge in [-0.3, -0.25) is 0 Å². The number of carbonyl (C=O) groups is 1. The van der Waals surface area contributed by atoms with Crippen molar-refractivity contribution >= 4 is 27.5 Å². The van der Waals surface area contributed by atoms with Gasteiger partial charge in [-0.2, -0.15) is 0 Å². The fourth-order valence-electron chi connectivity index (χ4n) is 1.80. The monoisotopic (exact) mass is 249 g/mol. The van der Waals surface area contributed by atoms with Gasteiger partial charge in [0.15, 0.2) is 0 Å². The number of carboxylic acids is 1. The van der Waals surface area contributed by atoms with Crippen molar-refractivity contribution in [3.8, 4) is 5.75 Å². The van der Waals surface area contributed by atoms with Gasteiger partial charge in [0.1, 0.15) is 11.3 Å². The van der Waals surface area contributed by atoms with Crippen molar-refractivity contribution in [3.05, 3.63) is 22.7 Å². The van der Waals surface area contributed by atoms with Crippen LogP contribution < -0.4 is 4.74 Å². The van der Waals surface area contributed by atoms with Gasteiger partial charge in [-0.15, -0.1) is 11.3 Å². The van der Waals surface area contributed by atoms with E-state index in [0.29, 0.717) is 11.7 Å². The number of carboxylic acid groups (broad SMARTS) is 1. The highest BCUT2D eigenvalue weighted by Gasteiger charge is 2.28. The molecular formula is C12H11NO3S. The molecule has 1 N–H and O–H groups in total. The Bertz CT molecular complexity index is 601. The maximum atomic E-state index is 11.0. The smallest absolute Gasteiger partial charge is 0.335 e. The second kappa shape index (κ2) is 3.70. The average molecular weight is 249 g/mol. The number of methoxy groups -OCH3 is 1. The van der Waals surface area contributed by atoms with Crippen LogP contribution in [0.15, 0.2) is 12.1 Å². The molecule has 3 rings (SSSR count). The van der Waals surface area contributed by atoms with E-state index >= 15 is 0 Å². The number of hydrogen-bond acceptors (Lipinski definition) is 4.